The summed E-state index contributed by atoms with van der Waals surface area (Å²) in [6.07, 6.45) is 1.43. The monoisotopic (exact) mass is 453 g/mol. The van der Waals surface area contributed by atoms with Gasteiger partial charge in [0.15, 0.2) is 16.7 Å². The second-order valence-corrected chi connectivity index (χ2v) is 7.55. The van der Waals surface area contributed by atoms with Crippen molar-refractivity contribution in [3.63, 3.8) is 0 Å². The van der Waals surface area contributed by atoms with Gasteiger partial charge in [-0.3, -0.25) is 9.59 Å². The number of benzene rings is 1. The molecule has 2 aromatic heterocycles. The van der Waals surface area contributed by atoms with E-state index in [9.17, 15) is 9.59 Å². The van der Waals surface area contributed by atoms with Gasteiger partial charge in [-0.15, -0.1) is 10.2 Å². The van der Waals surface area contributed by atoms with Gasteiger partial charge < -0.3 is 19.6 Å². The molecule has 1 aromatic carbocycles. The van der Waals surface area contributed by atoms with E-state index in [1.807, 2.05) is 11.5 Å². The third-order valence-electron chi connectivity index (χ3n) is 3.80. The highest BCUT2D eigenvalue weighted by Gasteiger charge is 2.15. The Bertz CT molecular complexity index is 1010. The number of nitrogens with zero attached hydrogens (tertiary/aromatic N) is 3. The highest BCUT2D eigenvalue weighted by atomic mass is 35.5. The van der Waals surface area contributed by atoms with Gasteiger partial charge in [0.1, 0.15) is 0 Å². The van der Waals surface area contributed by atoms with Crippen LogP contribution in [0.2, 0.25) is 10.0 Å². The van der Waals surface area contributed by atoms with Crippen molar-refractivity contribution in [3.8, 4) is 0 Å². The molecule has 8 nitrogen and oxygen atoms in total. The van der Waals surface area contributed by atoms with Crippen LogP contribution in [-0.2, 0) is 17.9 Å². The molecular weight excluding hydrogens is 437 g/mol. The van der Waals surface area contributed by atoms with Crippen LogP contribution in [0.25, 0.3) is 0 Å². The van der Waals surface area contributed by atoms with Gasteiger partial charge in [0.05, 0.1) is 29.3 Å². The van der Waals surface area contributed by atoms with Crippen LogP contribution in [0.1, 0.15) is 23.3 Å². The number of hydrogen-bond acceptors (Lipinski definition) is 6. The lowest BCUT2D eigenvalue weighted by Crippen LogP contribution is -2.24. The van der Waals surface area contributed by atoms with Crippen molar-refractivity contribution in [2.75, 3.05) is 11.1 Å². The summed E-state index contributed by atoms with van der Waals surface area (Å²) in [5.74, 6) is 0.345. The zero-order valence-electron chi connectivity index (χ0n) is 15.3. The van der Waals surface area contributed by atoms with Crippen LogP contribution >= 0.6 is 35.0 Å². The third kappa shape index (κ3) is 5.53. The zero-order chi connectivity index (χ0) is 20.8. The van der Waals surface area contributed by atoms with Crippen LogP contribution in [0.5, 0.6) is 0 Å². The second-order valence-electron chi connectivity index (χ2n) is 5.76. The lowest BCUT2D eigenvalue weighted by atomic mass is 10.3. The molecule has 29 heavy (non-hydrogen) atoms. The van der Waals surface area contributed by atoms with E-state index in [4.69, 9.17) is 27.6 Å². The SMILES string of the molecule is CCn1c(CNC(=O)c2ccco2)nnc1SCC(=O)Nc1ccc(Cl)cc1Cl. The first-order valence-corrected chi connectivity index (χ1v) is 10.3. The number of rotatable bonds is 8. The standard InChI is InChI=1S/C18H17Cl2N5O3S/c1-2-25-15(9-21-17(27)14-4-3-7-28-14)23-24-18(25)29-10-16(26)22-13-6-5-11(19)8-12(13)20/h3-8H,2,9-10H2,1H3,(H,21,27)(H,22,26). The summed E-state index contributed by atoms with van der Waals surface area (Å²) in [4.78, 5) is 24.2. The molecule has 2 amide bonds. The second kappa shape index (κ2) is 9.82. The molecule has 0 aliphatic rings. The maximum Gasteiger partial charge on any atom is 0.287 e. The number of anilines is 1. The van der Waals surface area contributed by atoms with E-state index < -0.39 is 0 Å². The predicted molar refractivity (Wildman–Crippen MR) is 111 cm³/mol. The van der Waals surface area contributed by atoms with Crippen molar-refractivity contribution in [2.24, 2.45) is 0 Å². The van der Waals surface area contributed by atoms with Crippen LogP contribution in [0.3, 0.4) is 0 Å². The molecule has 0 fully saturated rings. The first kappa shape index (κ1) is 21.2. The van der Waals surface area contributed by atoms with Gasteiger partial charge in [-0.2, -0.15) is 0 Å². The summed E-state index contributed by atoms with van der Waals surface area (Å²) in [5.41, 5.74) is 0.486. The van der Waals surface area contributed by atoms with Crippen molar-refractivity contribution in [1.29, 1.82) is 0 Å². The molecule has 0 radical (unpaired) electrons. The lowest BCUT2D eigenvalue weighted by Gasteiger charge is -2.09. The Labute approximate surface area is 181 Å². The van der Waals surface area contributed by atoms with Gasteiger partial charge in [0.25, 0.3) is 5.91 Å². The number of amides is 2. The molecule has 152 valence electrons. The molecule has 11 heteroatoms. The summed E-state index contributed by atoms with van der Waals surface area (Å²) in [6.45, 7) is 2.71. The molecule has 0 spiro atoms. The number of carbonyl (C=O) groups excluding carboxylic acids is 2. The smallest absolute Gasteiger partial charge is 0.287 e. The molecule has 2 N–H and O–H groups in total. The molecule has 0 saturated heterocycles. The average Bonchev–Trinajstić information content (AvgIpc) is 3.36. The van der Waals surface area contributed by atoms with Gasteiger partial charge in [0.2, 0.25) is 5.91 Å². The van der Waals surface area contributed by atoms with Gasteiger partial charge in [-0.1, -0.05) is 35.0 Å². The summed E-state index contributed by atoms with van der Waals surface area (Å²) < 4.78 is 6.88. The molecule has 3 aromatic rings. The fourth-order valence-corrected chi connectivity index (χ4v) is 3.71. The maximum atomic E-state index is 12.2. The fraction of sp³-hybridized carbons (Fsp3) is 0.222. The van der Waals surface area contributed by atoms with E-state index in [2.05, 4.69) is 20.8 Å². The third-order valence-corrected chi connectivity index (χ3v) is 5.31. The Morgan fingerprint density at radius 2 is 2.07 bits per heavy atom. The topological polar surface area (TPSA) is 102 Å². The Morgan fingerprint density at radius 3 is 2.76 bits per heavy atom. The predicted octanol–water partition coefficient (Wildman–Crippen LogP) is 3.86. The summed E-state index contributed by atoms with van der Waals surface area (Å²) in [6, 6.07) is 8.06. The first-order chi connectivity index (χ1) is 14.0. The molecule has 3 rings (SSSR count). The summed E-state index contributed by atoms with van der Waals surface area (Å²) in [7, 11) is 0. The highest BCUT2D eigenvalue weighted by Crippen LogP contribution is 2.26. The van der Waals surface area contributed by atoms with Crippen molar-refractivity contribution in [1.82, 2.24) is 20.1 Å². The summed E-state index contributed by atoms with van der Waals surface area (Å²) >= 11 is 13.2. The van der Waals surface area contributed by atoms with Crippen LogP contribution in [0.4, 0.5) is 5.69 Å². The molecule has 0 atom stereocenters. The fourth-order valence-electron chi connectivity index (χ4n) is 2.44. The number of carbonyl (C=O) groups is 2. The zero-order valence-corrected chi connectivity index (χ0v) is 17.6. The van der Waals surface area contributed by atoms with E-state index in [1.165, 1.54) is 18.0 Å². The first-order valence-electron chi connectivity index (χ1n) is 8.59. The average molecular weight is 454 g/mol. The molecule has 0 aliphatic carbocycles. The largest absolute Gasteiger partial charge is 0.459 e. The minimum absolute atomic E-state index is 0.121. The lowest BCUT2D eigenvalue weighted by molar-refractivity contribution is -0.113. The molecule has 0 saturated carbocycles. The minimum atomic E-state index is -0.339. The van der Waals surface area contributed by atoms with Crippen LogP contribution in [0.15, 0.2) is 46.2 Å². The van der Waals surface area contributed by atoms with Crippen molar-refractivity contribution < 1.29 is 14.0 Å². The number of thioether (sulfide) groups is 1. The highest BCUT2D eigenvalue weighted by molar-refractivity contribution is 7.99. The van der Waals surface area contributed by atoms with Gasteiger partial charge in [-0.05, 0) is 37.3 Å². The van der Waals surface area contributed by atoms with E-state index in [1.54, 1.807) is 30.3 Å². The number of furan rings is 1. The number of aromatic nitrogens is 3. The molecule has 0 aliphatic heterocycles. The molecule has 0 unspecified atom stereocenters. The normalized spacial score (nSPS) is 10.7. The Morgan fingerprint density at radius 1 is 1.24 bits per heavy atom. The van der Waals surface area contributed by atoms with E-state index in [0.717, 1.165) is 0 Å². The minimum Gasteiger partial charge on any atom is -0.459 e. The van der Waals surface area contributed by atoms with E-state index in [-0.39, 0.29) is 29.9 Å². The quantitative estimate of drug-likeness (QED) is 0.502. The van der Waals surface area contributed by atoms with Crippen molar-refractivity contribution in [3.05, 3.63) is 58.2 Å². The van der Waals surface area contributed by atoms with Gasteiger partial charge in [0, 0.05) is 11.6 Å². The van der Waals surface area contributed by atoms with E-state index >= 15 is 0 Å². The number of hydrogen-bond donors (Lipinski definition) is 2. The maximum absolute atomic E-state index is 12.2. The Balaban J connectivity index is 1.57. The van der Waals surface area contributed by atoms with Crippen molar-refractivity contribution >= 4 is 52.5 Å². The van der Waals surface area contributed by atoms with Crippen molar-refractivity contribution in [2.45, 2.75) is 25.2 Å². The van der Waals surface area contributed by atoms with Crippen LogP contribution < -0.4 is 10.6 Å². The van der Waals surface area contributed by atoms with Crippen LogP contribution in [-0.4, -0.2) is 32.3 Å². The molecule has 2 heterocycles. The Kier molecular flexibility index (Phi) is 7.18. The van der Waals surface area contributed by atoms with E-state index in [0.29, 0.717) is 33.3 Å². The summed E-state index contributed by atoms with van der Waals surface area (Å²) in [5, 5.41) is 15.1. The number of nitrogens with one attached hydrogen (secondary N) is 2. The Hall–Kier alpha value is -2.49. The van der Waals surface area contributed by atoms with Crippen LogP contribution in [0, 0.1) is 0 Å². The molecule has 0 bridgehead atoms. The van der Waals surface area contributed by atoms with Gasteiger partial charge in [-0.25, -0.2) is 0 Å². The van der Waals surface area contributed by atoms with Gasteiger partial charge >= 0.3 is 0 Å². The number of halogens is 2. The molecular formula is C18H17Cl2N5O3S.